The van der Waals surface area contributed by atoms with Gasteiger partial charge < -0.3 is 5.32 Å². The van der Waals surface area contributed by atoms with E-state index in [9.17, 15) is 14.0 Å². The molecule has 6 heteroatoms. The Morgan fingerprint density at radius 3 is 2.56 bits per heavy atom. The zero-order valence-corrected chi connectivity index (χ0v) is 11.5. The molecule has 0 unspecified atom stereocenters. The lowest BCUT2D eigenvalue weighted by atomic mass is 10.1. The number of imide groups is 1. The summed E-state index contributed by atoms with van der Waals surface area (Å²) in [6.07, 6.45) is 0. The molecule has 0 spiro atoms. The number of benzene rings is 1. The molecule has 1 fully saturated rings. The average molecular weight is 315 g/mol. The summed E-state index contributed by atoms with van der Waals surface area (Å²) in [5, 5.41) is 2.55. The number of carbonyl (C=O) groups excluding carboxylic acids is 2. The van der Waals surface area contributed by atoms with Crippen molar-refractivity contribution >= 4 is 27.9 Å². The zero-order valence-electron chi connectivity index (χ0n) is 9.96. The van der Waals surface area contributed by atoms with E-state index in [-0.39, 0.29) is 12.5 Å². The highest BCUT2D eigenvalue weighted by molar-refractivity contribution is 9.10. The standard InChI is InChI=1S/C12H12BrFN2O2/c1-12(2)10(17)16(11(18)15-12)6-7-3-4-8(13)5-9(7)14/h3-5H,6H2,1-2H3,(H,15,18). The number of hydrogen-bond acceptors (Lipinski definition) is 2. The number of carbonyl (C=O) groups is 2. The minimum absolute atomic E-state index is 0.0623. The van der Waals surface area contributed by atoms with Crippen LogP contribution in [0.15, 0.2) is 22.7 Å². The number of rotatable bonds is 2. The summed E-state index contributed by atoms with van der Waals surface area (Å²) < 4.78 is 14.3. The van der Waals surface area contributed by atoms with Gasteiger partial charge >= 0.3 is 6.03 Å². The second-order valence-electron chi connectivity index (χ2n) is 4.68. The molecule has 0 bridgehead atoms. The Morgan fingerprint density at radius 1 is 1.39 bits per heavy atom. The maximum atomic E-state index is 13.7. The maximum Gasteiger partial charge on any atom is 0.325 e. The normalized spacial score (nSPS) is 18.1. The molecule has 18 heavy (non-hydrogen) atoms. The fourth-order valence-corrected chi connectivity index (χ4v) is 2.11. The van der Waals surface area contributed by atoms with Crippen LogP contribution >= 0.6 is 15.9 Å². The number of nitrogens with zero attached hydrogens (tertiary/aromatic N) is 1. The van der Waals surface area contributed by atoms with Crippen molar-refractivity contribution < 1.29 is 14.0 Å². The molecular weight excluding hydrogens is 303 g/mol. The first-order valence-corrected chi connectivity index (χ1v) is 6.18. The Bertz CT molecular complexity index is 531. The number of hydrogen-bond donors (Lipinski definition) is 1. The zero-order chi connectivity index (χ0) is 13.5. The molecule has 0 radical (unpaired) electrons. The molecule has 1 aliphatic rings. The lowest BCUT2D eigenvalue weighted by Gasteiger charge is -2.16. The van der Waals surface area contributed by atoms with Crippen molar-refractivity contribution in [3.63, 3.8) is 0 Å². The Labute approximate surface area is 112 Å². The summed E-state index contributed by atoms with van der Waals surface area (Å²) in [4.78, 5) is 24.6. The fourth-order valence-electron chi connectivity index (χ4n) is 1.78. The third-order valence-electron chi connectivity index (χ3n) is 2.79. The second kappa shape index (κ2) is 4.35. The van der Waals surface area contributed by atoms with Crippen LogP contribution in [0.1, 0.15) is 19.4 Å². The highest BCUT2D eigenvalue weighted by Gasteiger charge is 2.44. The third-order valence-corrected chi connectivity index (χ3v) is 3.28. The summed E-state index contributed by atoms with van der Waals surface area (Å²) in [5.41, 5.74) is -0.623. The van der Waals surface area contributed by atoms with Gasteiger partial charge in [-0.2, -0.15) is 0 Å². The van der Waals surface area contributed by atoms with E-state index in [2.05, 4.69) is 21.2 Å². The molecule has 1 aromatic rings. The number of amides is 3. The van der Waals surface area contributed by atoms with Crippen molar-refractivity contribution in [2.45, 2.75) is 25.9 Å². The van der Waals surface area contributed by atoms with Crippen molar-refractivity contribution in [1.29, 1.82) is 0 Å². The van der Waals surface area contributed by atoms with E-state index in [1.54, 1.807) is 26.0 Å². The van der Waals surface area contributed by atoms with E-state index in [1.807, 2.05) is 0 Å². The van der Waals surface area contributed by atoms with Crippen molar-refractivity contribution in [1.82, 2.24) is 10.2 Å². The van der Waals surface area contributed by atoms with Crippen LogP contribution in [0.5, 0.6) is 0 Å². The summed E-state index contributed by atoms with van der Waals surface area (Å²) >= 11 is 3.15. The highest BCUT2D eigenvalue weighted by Crippen LogP contribution is 2.22. The Morgan fingerprint density at radius 2 is 2.06 bits per heavy atom. The van der Waals surface area contributed by atoms with Gasteiger partial charge in [0, 0.05) is 10.0 Å². The van der Waals surface area contributed by atoms with Gasteiger partial charge in [-0.25, -0.2) is 9.18 Å². The lowest BCUT2D eigenvalue weighted by molar-refractivity contribution is -0.130. The Kier molecular flexibility index (Phi) is 3.14. The number of urea groups is 1. The van der Waals surface area contributed by atoms with Crippen LogP contribution in [0.25, 0.3) is 0 Å². The Balaban J connectivity index is 2.24. The van der Waals surface area contributed by atoms with Crippen LogP contribution in [0.2, 0.25) is 0 Å². The molecule has 0 aromatic heterocycles. The van der Waals surface area contributed by atoms with Crippen LogP contribution in [-0.2, 0) is 11.3 Å². The molecule has 96 valence electrons. The number of halogens is 2. The van der Waals surface area contributed by atoms with Gasteiger partial charge in [0.1, 0.15) is 11.4 Å². The van der Waals surface area contributed by atoms with Gasteiger partial charge in [-0.05, 0) is 26.0 Å². The highest BCUT2D eigenvalue weighted by atomic mass is 79.9. The van der Waals surface area contributed by atoms with E-state index >= 15 is 0 Å². The van der Waals surface area contributed by atoms with Gasteiger partial charge in [-0.1, -0.05) is 22.0 Å². The summed E-state index contributed by atoms with van der Waals surface area (Å²) in [6.45, 7) is 3.17. The van der Waals surface area contributed by atoms with E-state index in [0.717, 1.165) is 4.90 Å². The number of nitrogens with one attached hydrogen (secondary N) is 1. The van der Waals surface area contributed by atoms with Crippen molar-refractivity contribution in [2.75, 3.05) is 0 Å². The lowest BCUT2D eigenvalue weighted by Crippen LogP contribution is -2.40. The van der Waals surface area contributed by atoms with Crippen LogP contribution in [0.4, 0.5) is 9.18 Å². The quantitative estimate of drug-likeness (QED) is 0.852. The summed E-state index contributed by atoms with van der Waals surface area (Å²) in [5.74, 6) is -0.801. The summed E-state index contributed by atoms with van der Waals surface area (Å²) in [6, 6.07) is 4.03. The van der Waals surface area contributed by atoms with E-state index in [1.165, 1.54) is 6.07 Å². The molecule has 4 nitrogen and oxygen atoms in total. The average Bonchev–Trinajstić information content (AvgIpc) is 2.44. The monoisotopic (exact) mass is 314 g/mol. The third kappa shape index (κ3) is 2.25. The molecule has 0 aliphatic carbocycles. The second-order valence-corrected chi connectivity index (χ2v) is 5.60. The van der Waals surface area contributed by atoms with Crippen LogP contribution in [0.3, 0.4) is 0 Å². The van der Waals surface area contributed by atoms with Crippen LogP contribution in [0, 0.1) is 5.82 Å². The minimum Gasteiger partial charge on any atom is -0.324 e. The SMILES string of the molecule is CC1(C)NC(=O)N(Cc2ccc(Br)cc2F)C1=O. The molecule has 3 amide bonds. The van der Waals surface area contributed by atoms with Gasteiger partial charge in [-0.3, -0.25) is 9.69 Å². The van der Waals surface area contributed by atoms with E-state index in [0.29, 0.717) is 10.0 Å². The van der Waals surface area contributed by atoms with Crippen molar-refractivity contribution in [3.8, 4) is 0 Å². The predicted molar refractivity (Wildman–Crippen MR) is 67.3 cm³/mol. The molecule has 2 rings (SSSR count). The Hall–Kier alpha value is -1.43. The van der Waals surface area contributed by atoms with E-state index in [4.69, 9.17) is 0 Å². The molecule has 1 saturated heterocycles. The van der Waals surface area contributed by atoms with Gasteiger partial charge in [0.2, 0.25) is 0 Å². The smallest absolute Gasteiger partial charge is 0.324 e. The van der Waals surface area contributed by atoms with E-state index < -0.39 is 17.4 Å². The first-order chi connectivity index (χ1) is 8.31. The molecule has 1 aliphatic heterocycles. The molecule has 0 atom stereocenters. The largest absolute Gasteiger partial charge is 0.325 e. The minimum atomic E-state index is -0.928. The predicted octanol–water partition coefficient (Wildman–Crippen LogP) is 2.42. The molecular formula is C12H12BrFN2O2. The molecule has 1 aromatic carbocycles. The van der Waals surface area contributed by atoms with Gasteiger partial charge in [0.25, 0.3) is 5.91 Å². The molecule has 0 saturated carbocycles. The first kappa shape index (κ1) is 13.0. The van der Waals surface area contributed by atoms with Crippen molar-refractivity contribution in [3.05, 3.63) is 34.1 Å². The van der Waals surface area contributed by atoms with Gasteiger partial charge in [0.15, 0.2) is 0 Å². The van der Waals surface area contributed by atoms with Crippen LogP contribution in [-0.4, -0.2) is 22.4 Å². The van der Waals surface area contributed by atoms with Crippen LogP contribution < -0.4 is 5.32 Å². The van der Waals surface area contributed by atoms with Crippen molar-refractivity contribution in [2.24, 2.45) is 0 Å². The topological polar surface area (TPSA) is 49.4 Å². The fraction of sp³-hybridized carbons (Fsp3) is 0.333. The first-order valence-electron chi connectivity index (χ1n) is 5.39. The van der Waals surface area contributed by atoms with Gasteiger partial charge in [0.05, 0.1) is 6.54 Å². The summed E-state index contributed by atoms with van der Waals surface area (Å²) in [7, 11) is 0. The van der Waals surface area contributed by atoms with Gasteiger partial charge in [-0.15, -0.1) is 0 Å². The molecule has 1 heterocycles. The molecule has 1 N–H and O–H groups in total. The maximum absolute atomic E-state index is 13.7.